The number of methoxy groups -OCH3 is 1. The highest BCUT2D eigenvalue weighted by Crippen LogP contribution is 2.30. The molecule has 5 aromatic rings. The number of para-hydroxylation sites is 1. The first kappa shape index (κ1) is 33.1. The summed E-state index contributed by atoms with van der Waals surface area (Å²) in [4.78, 5) is 59.1. The molecule has 0 aliphatic rings. The summed E-state index contributed by atoms with van der Waals surface area (Å²) in [7, 11) is 1.50. The van der Waals surface area contributed by atoms with Crippen molar-refractivity contribution in [2.45, 2.75) is 66.4 Å². The Morgan fingerprint density at radius 3 is 1.94 bits per heavy atom. The van der Waals surface area contributed by atoms with Gasteiger partial charge in [0.15, 0.2) is 5.82 Å². The summed E-state index contributed by atoms with van der Waals surface area (Å²) in [5.74, 6) is -0.611. The largest absolute Gasteiger partial charge is 0.497 e. The van der Waals surface area contributed by atoms with Crippen LogP contribution >= 0.6 is 0 Å². The molecule has 3 aromatic heterocycles. The topological polar surface area (TPSA) is 133 Å². The highest BCUT2D eigenvalue weighted by Gasteiger charge is 2.30. The van der Waals surface area contributed by atoms with Crippen LogP contribution in [0, 0.1) is 0 Å². The van der Waals surface area contributed by atoms with Crippen molar-refractivity contribution in [1.29, 1.82) is 0 Å². The monoisotopic (exact) mass is 642 g/mol. The van der Waals surface area contributed by atoms with Crippen LogP contribution in [0.1, 0.15) is 80.7 Å². The van der Waals surface area contributed by atoms with Gasteiger partial charge in [-0.25, -0.2) is 14.6 Å². The minimum atomic E-state index is -0.785. The maximum Gasteiger partial charge on any atom is 0.419 e. The van der Waals surface area contributed by atoms with Crippen molar-refractivity contribution >= 4 is 45.6 Å². The van der Waals surface area contributed by atoms with Crippen molar-refractivity contribution in [3.8, 4) is 5.75 Å². The van der Waals surface area contributed by atoms with E-state index in [1.54, 1.807) is 90.9 Å². The van der Waals surface area contributed by atoms with E-state index < -0.39 is 35.0 Å². The molecular weight excluding hydrogens is 604 g/mol. The minimum absolute atomic E-state index is 0.0725. The predicted octanol–water partition coefficient (Wildman–Crippen LogP) is 6.82. The third-order valence-corrected chi connectivity index (χ3v) is 7.11. The Balaban J connectivity index is 1.61. The molecule has 47 heavy (non-hydrogen) atoms. The van der Waals surface area contributed by atoms with Gasteiger partial charge in [-0.05, 0) is 66.7 Å². The number of hydrogen-bond acceptors (Lipinski definition) is 9. The molecule has 0 saturated heterocycles. The van der Waals surface area contributed by atoms with E-state index >= 15 is 0 Å². The zero-order valence-electron chi connectivity index (χ0n) is 27.7. The number of rotatable bonds is 8. The lowest BCUT2D eigenvalue weighted by atomic mass is 10.1. The summed E-state index contributed by atoms with van der Waals surface area (Å²) < 4.78 is 26.2. The van der Waals surface area contributed by atoms with Crippen molar-refractivity contribution in [3.05, 3.63) is 83.7 Å². The second kappa shape index (κ2) is 12.5. The number of carbonyl (C=O) groups is 4. The summed E-state index contributed by atoms with van der Waals surface area (Å²) in [6.07, 6.45) is 2.83. The van der Waals surface area contributed by atoms with Gasteiger partial charge < -0.3 is 18.9 Å². The molecule has 0 radical (unpaired) electrons. The molecule has 0 amide bonds. The number of benzene rings is 2. The van der Waals surface area contributed by atoms with Gasteiger partial charge in [0, 0.05) is 35.8 Å². The van der Waals surface area contributed by atoms with Crippen LogP contribution in [0.4, 0.5) is 9.59 Å². The van der Waals surface area contributed by atoms with Gasteiger partial charge >= 0.3 is 12.2 Å². The van der Waals surface area contributed by atoms with Gasteiger partial charge in [0.2, 0.25) is 11.6 Å². The van der Waals surface area contributed by atoms with E-state index in [0.29, 0.717) is 34.2 Å². The quantitative estimate of drug-likeness (QED) is 0.167. The number of hydrogen-bond donors (Lipinski definition) is 0. The van der Waals surface area contributed by atoms with Gasteiger partial charge in [0.05, 0.1) is 35.5 Å². The molecular formula is C35H38N4O8. The molecule has 12 heteroatoms. The normalized spacial score (nSPS) is 12.0. The van der Waals surface area contributed by atoms with E-state index in [4.69, 9.17) is 18.9 Å². The highest BCUT2D eigenvalue weighted by atomic mass is 16.6. The van der Waals surface area contributed by atoms with Crippen LogP contribution in [-0.4, -0.2) is 67.4 Å². The predicted molar refractivity (Wildman–Crippen MR) is 174 cm³/mol. The van der Waals surface area contributed by atoms with Gasteiger partial charge in [-0.3, -0.25) is 23.3 Å². The van der Waals surface area contributed by atoms with E-state index in [0.717, 1.165) is 0 Å². The standard InChI is InChI=1S/C35H38N4O8/c1-9-45-20-39-28(29(40)24-18-37(32(42)46-34(2,3)4)26-13-11-10-12-22(24)26)17-36-31(39)30(41)25-19-38(33(43)47-35(5,6)7)27-16-21(44-8)14-15-23(25)27/h10-19H,9,20H2,1-8H3. The van der Waals surface area contributed by atoms with Crippen molar-refractivity contribution in [2.24, 2.45) is 0 Å². The van der Waals surface area contributed by atoms with Crippen LogP contribution in [0.2, 0.25) is 0 Å². The first-order valence-electron chi connectivity index (χ1n) is 15.1. The number of ether oxygens (including phenoxy) is 4. The second-order valence-corrected chi connectivity index (χ2v) is 12.9. The van der Waals surface area contributed by atoms with Crippen molar-refractivity contribution in [2.75, 3.05) is 13.7 Å². The molecule has 0 bridgehead atoms. The molecule has 0 aliphatic carbocycles. The second-order valence-electron chi connectivity index (χ2n) is 12.9. The maximum atomic E-state index is 14.2. The third-order valence-electron chi connectivity index (χ3n) is 7.11. The zero-order chi connectivity index (χ0) is 34.3. The van der Waals surface area contributed by atoms with Crippen LogP contribution in [0.5, 0.6) is 5.75 Å². The number of imidazole rings is 1. The Kier molecular flexibility index (Phi) is 8.83. The van der Waals surface area contributed by atoms with Gasteiger partial charge in [0.25, 0.3) is 0 Å². The summed E-state index contributed by atoms with van der Waals surface area (Å²) in [5.41, 5.74) is -0.193. The van der Waals surface area contributed by atoms with E-state index in [1.165, 1.54) is 39.4 Å². The Morgan fingerprint density at radius 1 is 0.766 bits per heavy atom. The number of nitrogens with zero attached hydrogens (tertiary/aromatic N) is 4. The summed E-state index contributed by atoms with van der Waals surface area (Å²) >= 11 is 0. The Morgan fingerprint density at radius 2 is 1.34 bits per heavy atom. The van der Waals surface area contributed by atoms with Gasteiger partial charge in [-0.1, -0.05) is 18.2 Å². The Bertz CT molecular complexity index is 2020. The summed E-state index contributed by atoms with van der Waals surface area (Å²) in [6, 6.07) is 12.0. The molecule has 0 fully saturated rings. The molecule has 0 unspecified atom stereocenters. The average Bonchev–Trinajstić information content (AvgIpc) is 3.71. The fraction of sp³-hybridized carbons (Fsp3) is 0.343. The molecule has 0 aliphatic heterocycles. The molecule has 0 atom stereocenters. The lowest BCUT2D eigenvalue weighted by Gasteiger charge is -2.19. The molecule has 5 rings (SSSR count). The van der Waals surface area contributed by atoms with Crippen LogP contribution in [0.3, 0.4) is 0 Å². The van der Waals surface area contributed by atoms with Gasteiger partial charge in [-0.2, -0.15) is 0 Å². The number of ketones is 2. The first-order chi connectivity index (χ1) is 22.1. The van der Waals surface area contributed by atoms with E-state index in [2.05, 4.69) is 4.98 Å². The molecule has 246 valence electrons. The minimum Gasteiger partial charge on any atom is -0.497 e. The maximum absolute atomic E-state index is 14.2. The van der Waals surface area contributed by atoms with E-state index in [9.17, 15) is 19.2 Å². The fourth-order valence-electron chi connectivity index (χ4n) is 5.11. The fourth-order valence-corrected chi connectivity index (χ4v) is 5.11. The van der Waals surface area contributed by atoms with E-state index in [-0.39, 0.29) is 29.4 Å². The molecule has 0 saturated carbocycles. The van der Waals surface area contributed by atoms with Crippen molar-refractivity contribution < 1.29 is 38.1 Å². The summed E-state index contributed by atoms with van der Waals surface area (Å²) in [5, 5.41) is 0.982. The molecule has 2 aromatic carbocycles. The van der Waals surface area contributed by atoms with Crippen LogP contribution in [0.25, 0.3) is 21.8 Å². The third kappa shape index (κ3) is 6.68. The van der Waals surface area contributed by atoms with Crippen LogP contribution in [0.15, 0.2) is 61.1 Å². The lowest BCUT2D eigenvalue weighted by Crippen LogP contribution is -2.26. The van der Waals surface area contributed by atoms with Crippen LogP contribution in [-0.2, 0) is 20.9 Å². The number of aromatic nitrogens is 4. The highest BCUT2D eigenvalue weighted by molar-refractivity contribution is 6.19. The van der Waals surface area contributed by atoms with Gasteiger partial charge in [-0.15, -0.1) is 0 Å². The summed E-state index contributed by atoms with van der Waals surface area (Å²) in [6.45, 7) is 12.5. The first-order valence-corrected chi connectivity index (χ1v) is 15.1. The van der Waals surface area contributed by atoms with Gasteiger partial charge in [0.1, 0.15) is 29.4 Å². The SMILES string of the molecule is CCOCn1c(C(=O)c2cn(C(=O)OC(C)(C)C)c3ccccc23)cnc1C(=O)c1cn(C(=O)OC(C)(C)C)c2cc(OC)ccc12. The molecule has 3 heterocycles. The molecule has 0 N–H and O–H groups in total. The Hall–Kier alpha value is -5.23. The number of carbonyl (C=O) groups excluding carboxylic acids is 4. The van der Waals surface area contributed by atoms with Crippen LogP contribution < -0.4 is 4.74 Å². The molecule has 12 nitrogen and oxygen atoms in total. The van der Waals surface area contributed by atoms with E-state index in [1.807, 2.05) is 0 Å². The Labute approximate surface area is 271 Å². The molecule has 0 spiro atoms. The number of fused-ring (bicyclic) bond motifs is 2. The average molecular weight is 643 g/mol. The lowest BCUT2D eigenvalue weighted by molar-refractivity contribution is 0.0532. The van der Waals surface area contributed by atoms with Crippen molar-refractivity contribution in [3.63, 3.8) is 0 Å². The zero-order valence-corrected chi connectivity index (χ0v) is 27.7. The smallest absolute Gasteiger partial charge is 0.419 e. The van der Waals surface area contributed by atoms with Crippen molar-refractivity contribution in [1.82, 2.24) is 18.7 Å².